The van der Waals surface area contributed by atoms with Gasteiger partial charge in [-0.2, -0.15) is 0 Å². The molecule has 2 aromatic rings. The van der Waals surface area contributed by atoms with E-state index in [2.05, 4.69) is 20.5 Å². The number of nitrogen functional groups attached to an aromatic ring is 1. The molecule has 7 nitrogen and oxygen atoms in total. The minimum atomic E-state index is 0.0136. The summed E-state index contributed by atoms with van der Waals surface area (Å²) < 4.78 is 0. The molecule has 0 aliphatic heterocycles. The standard InChI is InChI=1S/C10H8N4.C7H14N2O/c1-12-10-8(9(11)13-14-10)7-5-3-2-4-6-7;8-9-7(10)6-4-2-1-3-5-6/h2-6H,(H3,11,13,14);6H,1-5,8H2,(H,9,10). The fourth-order valence-electron chi connectivity index (χ4n) is 2.80. The number of hydrogen-bond acceptors (Lipinski definition) is 4. The van der Waals surface area contributed by atoms with Crippen LogP contribution in [0.3, 0.4) is 0 Å². The summed E-state index contributed by atoms with van der Waals surface area (Å²) in [5.41, 5.74) is 9.45. The summed E-state index contributed by atoms with van der Waals surface area (Å²) in [6.45, 7) is 6.95. The van der Waals surface area contributed by atoms with Gasteiger partial charge in [-0.15, -0.1) is 0 Å². The van der Waals surface area contributed by atoms with Crippen molar-refractivity contribution in [2.24, 2.45) is 11.8 Å². The van der Waals surface area contributed by atoms with Gasteiger partial charge in [0.2, 0.25) is 5.91 Å². The van der Waals surface area contributed by atoms with Gasteiger partial charge in [-0.3, -0.25) is 10.2 Å². The molecule has 1 heterocycles. The summed E-state index contributed by atoms with van der Waals surface area (Å²) in [5, 5.41) is 6.40. The first-order valence-corrected chi connectivity index (χ1v) is 7.94. The Kier molecular flexibility index (Phi) is 6.34. The Balaban J connectivity index is 0.000000185. The topological polar surface area (TPSA) is 114 Å². The van der Waals surface area contributed by atoms with Crippen molar-refractivity contribution in [3.63, 3.8) is 0 Å². The molecule has 1 saturated carbocycles. The van der Waals surface area contributed by atoms with E-state index < -0.39 is 0 Å². The molecule has 3 rings (SSSR count). The van der Waals surface area contributed by atoms with E-state index >= 15 is 0 Å². The number of anilines is 1. The molecule has 126 valence electrons. The van der Waals surface area contributed by atoms with E-state index in [1.807, 2.05) is 30.3 Å². The van der Waals surface area contributed by atoms with Crippen molar-refractivity contribution in [1.29, 1.82) is 0 Å². The van der Waals surface area contributed by atoms with Crippen LogP contribution in [0.25, 0.3) is 16.0 Å². The lowest BCUT2D eigenvalue weighted by Gasteiger charge is -2.19. The Morgan fingerprint density at radius 3 is 2.50 bits per heavy atom. The highest BCUT2D eigenvalue weighted by Gasteiger charge is 2.19. The van der Waals surface area contributed by atoms with E-state index in [0.29, 0.717) is 17.2 Å². The number of benzene rings is 1. The number of aromatic nitrogens is 2. The number of nitrogens with zero attached hydrogens (tertiary/aromatic N) is 2. The monoisotopic (exact) mass is 326 g/mol. The van der Waals surface area contributed by atoms with Gasteiger partial charge in [-0.25, -0.2) is 10.9 Å². The van der Waals surface area contributed by atoms with Gasteiger partial charge in [0.1, 0.15) is 0 Å². The van der Waals surface area contributed by atoms with Crippen LogP contribution in [0.2, 0.25) is 0 Å². The summed E-state index contributed by atoms with van der Waals surface area (Å²) in [7, 11) is 0. The van der Waals surface area contributed by atoms with Crippen LogP contribution >= 0.6 is 0 Å². The van der Waals surface area contributed by atoms with Gasteiger partial charge >= 0.3 is 0 Å². The molecule has 7 heteroatoms. The SMILES string of the molecule is NNC(=O)C1CCCCC1.[C-]#[N+]c1[nH]nc(N)c1-c1ccccc1. The molecule has 1 fully saturated rings. The second kappa shape index (κ2) is 8.70. The fraction of sp³-hybridized carbons (Fsp3) is 0.353. The van der Waals surface area contributed by atoms with E-state index in [1.54, 1.807) is 0 Å². The first-order chi connectivity index (χ1) is 11.7. The maximum atomic E-state index is 10.9. The predicted octanol–water partition coefficient (Wildman–Crippen LogP) is 2.77. The molecule has 0 spiro atoms. The summed E-state index contributed by atoms with van der Waals surface area (Å²) >= 11 is 0. The zero-order chi connectivity index (χ0) is 17.4. The van der Waals surface area contributed by atoms with E-state index in [4.69, 9.17) is 18.1 Å². The molecule has 1 aliphatic rings. The molecule has 1 amide bonds. The highest BCUT2D eigenvalue weighted by atomic mass is 16.2. The third-order valence-electron chi connectivity index (χ3n) is 4.07. The second-order valence-electron chi connectivity index (χ2n) is 5.65. The predicted molar refractivity (Wildman–Crippen MR) is 93.6 cm³/mol. The molecule has 1 aromatic heterocycles. The van der Waals surface area contributed by atoms with Crippen LogP contribution in [-0.2, 0) is 4.79 Å². The largest absolute Gasteiger partial charge is 0.381 e. The number of H-pyrrole nitrogens is 1. The number of rotatable bonds is 2. The highest BCUT2D eigenvalue weighted by molar-refractivity contribution is 5.84. The summed E-state index contributed by atoms with van der Waals surface area (Å²) in [5.74, 6) is 5.96. The number of nitrogens with two attached hydrogens (primary N) is 2. The lowest BCUT2D eigenvalue weighted by molar-refractivity contribution is -0.125. The summed E-state index contributed by atoms with van der Waals surface area (Å²) in [6, 6.07) is 9.51. The molecule has 6 N–H and O–H groups in total. The van der Waals surface area contributed by atoms with Crippen LogP contribution in [0, 0.1) is 12.5 Å². The Morgan fingerprint density at radius 1 is 1.25 bits per heavy atom. The lowest BCUT2D eigenvalue weighted by atomic mass is 9.89. The molecule has 1 aromatic carbocycles. The zero-order valence-corrected chi connectivity index (χ0v) is 13.5. The normalized spacial score (nSPS) is 14.2. The van der Waals surface area contributed by atoms with Crippen molar-refractivity contribution in [2.75, 3.05) is 5.73 Å². The first-order valence-electron chi connectivity index (χ1n) is 7.94. The zero-order valence-electron chi connectivity index (χ0n) is 13.5. The Bertz CT molecular complexity index is 698. The Hall–Kier alpha value is -2.85. The van der Waals surface area contributed by atoms with Gasteiger partial charge in [0.05, 0.1) is 5.56 Å². The van der Waals surface area contributed by atoms with Gasteiger partial charge in [0.15, 0.2) is 5.82 Å². The minimum absolute atomic E-state index is 0.0136. The van der Waals surface area contributed by atoms with Crippen molar-refractivity contribution in [2.45, 2.75) is 32.1 Å². The smallest absolute Gasteiger partial charge is 0.259 e. The minimum Gasteiger partial charge on any atom is -0.381 e. The summed E-state index contributed by atoms with van der Waals surface area (Å²) in [6.07, 6.45) is 5.66. The van der Waals surface area contributed by atoms with Crippen LogP contribution in [0.5, 0.6) is 0 Å². The van der Waals surface area contributed by atoms with Crippen LogP contribution in [0.1, 0.15) is 32.1 Å². The number of hydrogen-bond donors (Lipinski definition) is 4. The maximum absolute atomic E-state index is 10.9. The number of carbonyl (C=O) groups is 1. The third kappa shape index (κ3) is 4.33. The van der Waals surface area contributed by atoms with Crippen molar-refractivity contribution >= 4 is 17.5 Å². The third-order valence-corrected chi connectivity index (χ3v) is 4.07. The second-order valence-corrected chi connectivity index (χ2v) is 5.65. The van der Waals surface area contributed by atoms with Crippen molar-refractivity contribution < 1.29 is 4.79 Å². The van der Waals surface area contributed by atoms with E-state index in [0.717, 1.165) is 18.4 Å². The number of nitrogens with one attached hydrogen (secondary N) is 2. The lowest BCUT2D eigenvalue weighted by Crippen LogP contribution is -2.36. The van der Waals surface area contributed by atoms with Gasteiger partial charge in [0, 0.05) is 5.92 Å². The number of carbonyl (C=O) groups excluding carboxylic acids is 1. The van der Waals surface area contributed by atoms with E-state index in [1.165, 1.54) is 19.3 Å². The van der Waals surface area contributed by atoms with Gasteiger partial charge in [-0.05, 0) is 18.4 Å². The molecule has 0 atom stereocenters. The molecule has 1 aliphatic carbocycles. The van der Waals surface area contributed by atoms with Gasteiger partial charge in [0.25, 0.3) is 5.82 Å². The van der Waals surface area contributed by atoms with E-state index in [-0.39, 0.29) is 11.8 Å². The highest BCUT2D eigenvalue weighted by Crippen LogP contribution is 2.32. The molecular weight excluding hydrogens is 304 g/mol. The Labute approximate surface area is 141 Å². The van der Waals surface area contributed by atoms with Gasteiger partial charge < -0.3 is 10.6 Å². The van der Waals surface area contributed by atoms with Crippen molar-refractivity contribution in [3.05, 3.63) is 41.7 Å². The quantitative estimate of drug-likeness (QED) is 0.294. The van der Waals surface area contributed by atoms with Crippen LogP contribution in [0.4, 0.5) is 11.6 Å². The van der Waals surface area contributed by atoms with Gasteiger partial charge in [-0.1, -0.05) is 61.3 Å². The van der Waals surface area contributed by atoms with Crippen LogP contribution in [0.15, 0.2) is 30.3 Å². The first kappa shape index (κ1) is 17.5. The van der Waals surface area contributed by atoms with E-state index in [9.17, 15) is 4.79 Å². The summed E-state index contributed by atoms with van der Waals surface area (Å²) in [4.78, 5) is 14.3. The molecule has 0 radical (unpaired) electrons. The van der Waals surface area contributed by atoms with Crippen LogP contribution in [-0.4, -0.2) is 16.1 Å². The fourth-order valence-corrected chi connectivity index (χ4v) is 2.80. The van der Waals surface area contributed by atoms with Crippen molar-refractivity contribution in [1.82, 2.24) is 15.6 Å². The molecule has 24 heavy (non-hydrogen) atoms. The van der Waals surface area contributed by atoms with Crippen molar-refractivity contribution in [3.8, 4) is 11.1 Å². The molecular formula is C17H22N6O. The number of hydrazine groups is 1. The maximum Gasteiger partial charge on any atom is 0.259 e. The molecule has 0 saturated heterocycles. The average Bonchev–Trinajstić information content (AvgIpc) is 3.03. The number of amides is 1. The number of aromatic amines is 1. The average molecular weight is 326 g/mol. The van der Waals surface area contributed by atoms with Crippen LogP contribution < -0.4 is 17.0 Å². The molecule has 0 bridgehead atoms. The molecule has 0 unspecified atom stereocenters. The Morgan fingerprint density at radius 2 is 1.92 bits per heavy atom.